The molecule has 1 heterocycles. The third kappa shape index (κ3) is 2.89. The molecular weight excluding hydrogens is 262 g/mol. The number of rotatable bonds is 5. The number of hydrogen-bond donors (Lipinski definition) is 0. The first-order valence-electron chi connectivity index (χ1n) is 5.68. The standard InChI is InChI=1S/C13H11N3O4/c1-2-6-20-13(17)12-8-15(9-14-12)10-4-3-5-11(7-10)16(18)19/h2-5,7-9H,1,6H2. The Morgan fingerprint density at radius 1 is 1.55 bits per heavy atom. The maximum absolute atomic E-state index is 11.6. The van der Waals surface area contributed by atoms with E-state index < -0.39 is 10.9 Å². The smallest absolute Gasteiger partial charge is 0.358 e. The van der Waals surface area contributed by atoms with Crippen molar-refractivity contribution in [1.82, 2.24) is 9.55 Å². The molecule has 0 aliphatic rings. The first-order valence-corrected chi connectivity index (χ1v) is 5.68. The highest BCUT2D eigenvalue weighted by atomic mass is 16.6. The molecule has 102 valence electrons. The molecule has 0 unspecified atom stereocenters. The van der Waals surface area contributed by atoms with Crippen molar-refractivity contribution in [3.8, 4) is 5.69 Å². The van der Waals surface area contributed by atoms with Crippen LogP contribution in [0.5, 0.6) is 0 Å². The molecule has 2 rings (SSSR count). The Kier molecular flexibility index (Phi) is 3.90. The summed E-state index contributed by atoms with van der Waals surface area (Å²) < 4.78 is 6.36. The van der Waals surface area contributed by atoms with Gasteiger partial charge in [-0.25, -0.2) is 9.78 Å². The Labute approximate surface area is 114 Å². The fourth-order valence-electron chi connectivity index (χ4n) is 1.55. The van der Waals surface area contributed by atoms with Gasteiger partial charge in [-0.15, -0.1) is 0 Å². The summed E-state index contributed by atoms with van der Waals surface area (Å²) in [4.78, 5) is 25.7. The van der Waals surface area contributed by atoms with Gasteiger partial charge in [-0.2, -0.15) is 0 Å². The highest BCUT2D eigenvalue weighted by molar-refractivity contribution is 5.87. The van der Waals surface area contributed by atoms with Crippen LogP contribution < -0.4 is 0 Å². The average molecular weight is 273 g/mol. The van der Waals surface area contributed by atoms with Gasteiger partial charge >= 0.3 is 5.97 Å². The van der Waals surface area contributed by atoms with Gasteiger partial charge in [0, 0.05) is 18.3 Å². The Balaban J connectivity index is 2.24. The lowest BCUT2D eigenvalue weighted by molar-refractivity contribution is -0.384. The van der Waals surface area contributed by atoms with Crippen molar-refractivity contribution in [2.24, 2.45) is 0 Å². The summed E-state index contributed by atoms with van der Waals surface area (Å²) in [6, 6.07) is 6.01. The molecule has 0 aliphatic heterocycles. The largest absolute Gasteiger partial charge is 0.457 e. The molecule has 0 radical (unpaired) electrons. The van der Waals surface area contributed by atoms with Crippen molar-refractivity contribution in [1.29, 1.82) is 0 Å². The first-order chi connectivity index (χ1) is 9.61. The van der Waals surface area contributed by atoms with Gasteiger partial charge in [0.25, 0.3) is 5.69 Å². The summed E-state index contributed by atoms with van der Waals surface area (Å²) in [5.74, 6) is -0.575. The third-order valence-electron chi connectivity index (χ3n) is 2.46. The molecule has 0 saturated heterocycles. The molecule has 1 aromatic heterocycles. The summed E-state index contributed by atoms with van der Waals surface area (Å²) in [6.07, 6.45) is 4.30. The fraction of sp³-hybridized carbons (Fsp3) is 0.0769. The maximum atomic E-state index is 11.6. The van der Waals surface area contributed by atoms with Crippen molar-refractivity contribution in [3.05, 3.63) is 65.3 Å². The van der Waals surface area contributed by atoms with Gasteiger partial charge in [-0.3, -0.25) is 10.1 Å². The molecule has 0 N–H and O–H groups in total. The van der Waals surface area contributed by atoms with Gasteiger partial charge in [0.1, 0.15) is 12.9 Å². The SMILES string of the molecule is C=CCOC(=O)c1cn(-c2cccc([N+](=O)[O-])c2)cn1. The van der Waals surface area contributed by atoms with Gasteiger partial charge in [-0.05, 0) is 6.07 Å². The van der Waals surface area contributed by atoms with Crippen LogP contribution >= 0.6 is 0 Å². The number of carbonyl (C=O) groups is 1. The predicted molar refractivity (Wildman–Crippen MR) is 70.7 cm³/mol. The Bertz CT molecular complexity index is 663. The van der Waals surface area contributed by atoms with Crippen LogP contribution in [0.2, 0.25) is 0 Å². The number of non-ortho nitro benzene ring substituents is 1. The highest BCUT2D eigenvalue weighted by Gasteiger charge is 2.12. The van der Waals surface area contributed by atoms with Gasteiger partial charge in [0.05, 0.1) is 10.6 Å². The summed E-state index contributed by atoms with van der Waals surface area (Å²) in [5.41, 5.74) is 0.625. The molecule has 0 amide bonds. The van der Waals surface area contributed by atoms with Gasteiger partial charge < -0.3 is 9.30 Å². The van der Waals surface area contributed by atoms with E-state index in [4.69, 9.17) is 4.74 Å². The van der Waals surface area contributed by atoms with E-state index in [9.17, 15) is 14.9 Å². The number of aromatic nitrogens is 2. The second kappa shape index (κ2) is 5.79. The number of benzene rings is 1. The minimum atomic E-state index is -0.575. The van der Waals surface area contributed by atoms with E-state index in [2.05, 4.69) is 11.6 Å². The molecule has 1 aromatic carbocycles. The number of esters is 1. The van der Waals surface area contributed by atoms with E-state index in [-0.39, 0.29) is 18.0 Å². The van der Waals surface area contributed by atoms with Crippen molar-refractivity contribution >= 4 is 11.7 Å². The molecule has 0 aliphatic carbocycles. The van der Waals surface area contributed by atoms with Crippen LogP contribution in [0, 0.1) is 10.1 Å². The normalized spacial score (nSPS) is 10.0. The lowest BCUT2D eigenvalue weighted by Gasteiger charge is -2.01. The molecule has 0 bridgehead atoms. The van der Waals surface area contributed by atoms with Crippen LogP contribution in [0.3, 0.4) is 0 Å². The van der Waals surface area contributed by atoms with Gasteiger partial charge in [0.2, 0.25) is 0 Å². The van der Waals surface area contributed by atoms with E-state index in [1.165, 1.54) is 35.3 Å². The zero-order valence-corrected chi connectivity index (χ0v) is 10.4. The monoisotopic (exact) mass is 273 g/mol. The second-order valence-electron chi connectivity index (χ2n) is 3.83. The molecule has 0 spiro atoms. The lowest BCUT2D eigenvalue weighted by atomic mass is 10.3. The lowest BCUT2D eigenvalue weighted by Crippen LogP contribution is -2.05. The number of carbonyl (C=O) groups excluding carboxylic acids is 1. The fourth-order valence-corrected chi connectivity index (χ4v) is 1.55. The van der Waals surface area contributed by atoms with Gasteiger partial charge in [0.15, 0.2) is 5.69 Å². The molecular formula is C13H11N3O4. The Morgan fingerprint density at radius 3 is 3.05 bits per heavy atom. The number of nitrogens with zero attached hydrogens (tertiary/aromatic N) is 3. The van der Waals surface area contributed by atoms with Crippen LogP contribution in [0.25, 0.3) is 5.69 Å². The summed E-state index contributed by atoms with van der Waals surface area (Å²) in [5, 5.41) is 10.7. The van der Waals surface area contributed by atoms with Crippen LogP contribution in [-0.2, 0) is 4.74 Å². The van der Waals surface area contributed by atoms with Gasteiger partial charge in [-0.1, -0.05) is 18.7 Å². The molecule has 0 atom stereocenters. The summed E-state index contributed by atoms with van der Waals surface area (Å²) >= 11 is 0. The van der Waals surface area contributed by atoms with E-state index >= 15 is 0 Å². The minimum Gasteiger partial charge on any atom is -0.457 e. The molecule has 7 heteroatoms. The number of hydrogen-bond acceptors (Lipinski definition) is 5. The average Bonchev–Trinajstić information content (AvgIpc) is 2.94. The van der Waals surface area contributed by atoms with Crippen LogP contribution in [0.15, 0.2) is 49.4 Å². The summed E-state index contributed by atoms with van der Waals surface area (Å²) in [6.45, 7) is 3.54. The van der Waals surface area contributed by atoms with E-state index in [1.54, 1.807) is 12.1 Å². The zero-order valence-electron chi connectivity index (χ0n) is 10.4. The number of nitro benzene ring substituents is 1. The molecule has 2 aromatic rings. The zero-order chi connectivity index (χ0) is 14.5. The summed E-state index contributed by atoms with van der Waals surface area (Å²) in [7, 11) is 0. The van der Waals surface area contributed by atoms with E-state index in [0.29, 0.717) is 5.69 Å². The number of nitro groups is 1. The Morgan fingerprint density at radius 2 is 2.35 bits per heavy atom. The van der Waals surface area contributed by atoms with Crippen molar-refractivity contribution in [2.45, 2.75) is 0 Å². The van der Waals surface area contributed by atoms with Crippen molar-refractivity contribution in [3.63, 3.8) is 0 Å². The topological polar surface area (TPSA) is 87.3 Å². The van der Waals surface area contributed by atoms with Crippen molar-refractivity contribution in [2.75, 3.05) is 6.61 Å². The molecule has 20 heavy (non-hydrogen) atoms. The third-order valence-corrected chi connectivity index (χ3v) is 2.46. The minimum absolute atomic E-state index is 0.0352. The number of ether oxygens (including phenoxy) is 1. The van der Waals surface area contributed by atoms with Crippen LogP contribution in [-0.4, -0.2) is 27.1 Å². The van der Waals surface area contributed by atoms with E-state index in [1.807, 2.05) is 0 Å². The molecule has 0 fully saturated rings. The Hall–Kier alpha value is -2.96. The first kappa shape index (κ1) is 13.5. The molecule has 7 nitrogen and oxygen atoms in total. The highest BCUT2D eigenvalue weighted by Crippen LogP contribution is 2.17. The predicted octanol–water partition coefficient (Wildman–Crippen LogP) is 2.12. The quantitative estimate of drug-likeness (QED) is 0.360. The second-order valence-corrected chi connectivity index (χ2v) is 3.83. The van der Waals surface area contributed by atoms with Crippen LogP contribution in [0.1, 0.15) is 10.5 Å². The maximum Gasteiger partial charge on any atom is 0.358 e. The number of imidazole rings is 1. The molecule has 0 saturated carbocycles. The van der Waals surface area contributed by atoms with Crippen LogP contribution in [0.4, 0.5) is 5.69 Å². The van der Waals surface area contributed by atoms with E-state index in [0.717, 1.165) is 0 Å². The van der Waals surface area contributed by atoms with Crippen molar-refractivity contribution < 1.29 is 14.5 Å².